The summed E-state index contributed by atoms with van der Waals surface area (Å²) in [5.74, 6) is 0. The number of benzene rings is 1. The minimum absolute atomic E-state index is 0.0642. The van der Waals surface area contributed by atoms with Crippen LogP contribution in [0.5, 0.6) is 0 Å². The zero-order valence-electron chi connectivity index (χ0n) is 19.7. The molecular formula is C24H26N6O4S. The summed E-state index contributed by atoms with van der Waals surface area (Å²) < 4.78 is 28.3. The zero-order valence-corrected chi connectivity index (χ0v) is 20.5. The Balaban J connectivity index is 1.58. The van der Waals surface area contributed by atoms with E-state index in [1.54, 1.807) is 6.07 Å². The van der Waals surface area contributed by atoms with E-state index in [2.05, 4.69) is 19.7 Å². The lowest BCUT2D eigenvalue weighted by Gasteiger charge is -2.41. The van der Waals surface area contributed by atoms with Crippen LogP contribution in [0.3, 0.4) is 0 Å². The van der Waals surface area contributed by atoms with E-state index in [0.29, 0.717) is 36.1 Å². The molecule has 3 aromatic rings. The Hall–Kier alpha value is -3.49. The first-order valence-corrected chi connectivity index (χ1v) is 12.8. The van der Waals surface area contributed by atoms with E-state index in [9.17, 15) is 23.6 Å². The Labute approximate surface area is 202 Å². The maximum atomic E-state index is 12.9. The van der Waals surface area contributed by atoms with E-state index in [1.807, 2.05) is 32.9 Å². The quantitative estimate of drug-likeness (QED) is 0.501. The highest BCUT2D eigenvalue weighted by Crippen LogP contribution is 2.39. The highest BCUT2D eigenvalue weighted by atomic mass is 32.2. The molecular weight excluding hydrogens is 468 g/mol. The fourth-order valence-corrected chi connectivity index (χ4v) is 6.11. The Morgan fingerprint density at radius 1 is 1.31 bits per heavy atom. The summed E-state index contributed by atoms with van der Waals surface area (Å²) in [5.41, 5.74) is 1.50. The topological polar surface area (TPSA) is 152 Å². The molecule has 2 aliphatic rings. The lowest BCUT2D eigenvalue weighted by atomic mass is 9.79. The molecule has 0 saturated heterocycles. The van der Waals surface area contributed by atoms with Gasteiger partial charge < -0.3 is 15.0 Å². The van der Waals surface area contributed by atoms with Gasteiger partial charge in [-0.05, 0) is 42.4 Å². The Morgan fingerprint density at radius 3 is 2.69 bits per heavy atom. The molecule has 1 amide bonds. The molecule has 1 aromatic carbocycles. The van der Waals surface area contributed by atoms with Crippen LogP contribution in [-0.4, -0.2) is 57.6 Å². The second-order valence-corrected chi connectivity index (χ2v) is 12.0. The van der Waals surface area contributed by atoms with Crippen molar-refractivity contribution in [1.82, 2.24) is 24.6 Å². The average Bonchev–Trinajstić information content (AvgIpc) is 3.46. The van der Waals surface area contributed by atoms with Crippen LogP contribution in [0.4, 0.5) is 4.79 Å². The summed E-state index contributed by atoms with van der Waals surface area (Å²) in [6, 6.07) is 6.58. The monoisotopic (exact) mass is 494 g/mol. The third-order valence-corrected chi connectivity index (χ3v) is 8.37. The van der Waals surface area contributed by atoms with Crippen molar-refractivity contribution in [2.45, 2.75) is 56.5 Å². The molecule has 0 spiro atoms. The van der Waals surface area contributed by atoms with Crippen molar-refractivity contribution in [3.8, 4) is 6.07 Å². The maximum absolute atomic E-state index is 12.9. The van der Waals surface area contributed by atoms with E-state index in [-0.39, 0.29) is 22.9 Å². The number of H-pyrrole nitrogens is 1. The molecule has 11 heteroatoms. The molecule has 2 aromatic heterocycles. The van der Waals surface area contributed by atoms with Gasteiger partial charge >= 0.3 is 6.09 Å². The Bertz CT molecular complexity index is 1540. The number of rotatable bonds is 4. The van der Waals surface area contributed by atoms with E-state index >= 15 is 0 Å². The van der Waals surface area contributed by atoms with E-state index < -0.39 is 21.7 Å². The van der Waals surface area contributed by atoms with Crippen molar-refractivity contribution in [1.29, 1.82) is 5.26 Å². The molecule has 3 N–H and O–H groups in total. The Morgan fingerprint density at radius 2 is 2.06 bits per heavy atom. The molecule has 35 heavy (non-hydrogen) atoms. The van der Waals surface area contributed by atoms with Crippen LogP contribution >= 0.6 is 0 Å². The number of amides is 1. The molecule has 3 heterocycles. The largest absolute Gasteiger partial charge is 0.465 e. The number of carboxylic acid groups (broad SMARTS) is 1. The number of nitrogens with one attached hydrogen (secondary N) is 2. The first-order chi connectivity index (χ1) is 16.4. The summed E-state index contributed by atoms with van der Waals surface area (Å²) in [5, 5.41) is 20.5. The molecule has 182 valence electrons. The molecule has 1 fully saturated rings. The lowest BCUT2D eigenvalue weighted by Crippen LogP contribution is -2.48. The SMILES string of the molecule is CC(C)(C)C1CC(c2ncnc3[nH]c4cc(S(=O)(=O)NC5(C#N)CC5)ccc4c23)=CCN1C(=O)O. The predicted molar refractivity (Wildman–Crippen MR) is 130 cm³/mol. The van der Waals surface area contributed by atoms with Crippen molar-refractivity contribution < 1.29 is 18.3 Å². The molecule has 1 atom stereocenters. The van der Waals surface area contributed by atoms with Crippen molar-refractivity contribution in [3.63, 3.8) is 0 Å². The average molecular weight is 495 g/mol. The number of fused-ring (bicyclic) bond motifs is 3. The van der Waals surface area contributed by atoms with Gasteiger partial charge in [-0.1, -0.05) is 32.9 Å². The van der Waals surface area contributed by atoms with Gasteiger partial charge in [0, 0.05) is 23.5 Å². The van der Waals surface area contributed by atoms with Gasteiger partial charge in [-0.2, -0.15) is 9.98 Å². The van der Waals surface area contributed by atoms with Crippen LogP contribution in [0.15, 0.2) is 35.5 Å². The van der Waals surface area contributed by atoms with Crippen molar-refractivity contribution in [3.05, 3.63) is 36.3 Å². The standard InChI is InChI=1S/C24H26N6O4S/c1-23(2,3)18-10-14(6-9-30(18)22(31)32)20-19-16-5-4-15(11-17(16)28-21(19)27-13-26-20)35(33,34)29-24(12-25)7-8-24/h4-6,11,13,18,29H,7-10H2,1-3H3,(H,31,32)(H,26,27,28). The number of aromatic nitrogens is 3. The molecule has 5 rings (SSSR count). The molecule has 1 aliphatic carbocycles. The molecule has 0 radical (unpaired) electrons. The van der Waals surface area contributed by atoms with Gasteiger partial charge in [0.25, 0.3) is 0 Å². The van der Waals surface area contributed by atoms with Crippen LogP contribution in [0, 0.1) is 16.7 Å². The normalized spacial score (nSPS) is 20.0. The summed E-state index contributed by atoms with van der Waals surface area (Å²) in [4.78, 5) is 25.4. The first kappa shape index (κ1) is 23.3. The minimum Gasteiger partial charge on any atom is -0.465 e. The van der Waals surface area contributed by atoms with Crippen molar-refractivity contribution in [2.75, 3.05) is 6.54 Å². The van der Waals surface area contributed by atoms with E-state index in [0.717, 1.165) is 16.3 Å². The van der Waals surface area contributed by atoms with Crippen molar-refractivity contribution >= 4 is 43.6 Å². The highest BCUT2D eigenvalue weighted by molar-refractivity contribution is 7.89. The maximum Gasteiger partial charge on any atom is 0.407 e. The van der Waals surface area contributed by atoms with Gasteiger partial charge in [0.2, 0.25) is 10.0 Å². The van der Waals surface area contributed by atoms with Crippen LogP contribution < -0.4 is 4.72 Å². The molecule has 1 aliphatic heterocycles. The Kier molecular flexibility index (Phi) is 5.16. The summed E-state index contributed by atoms with van der Waals surface area (Å²) in [6.07, 6.45) is 3.89. The van der Waals surface area contributed by atoms with Gasteiger partial charge in [0.15, 0.2) is 0 Å². The lowest BCUT2D eigenvalue weighted by molar-refractivity contribution is 0.0884. The first-order valence-electron chi connectivity index (χ1n) is 11.3. The highest BCUT2D eigenvalue weighted by Gasteiger charge is 2.46. The number of hydrogen-bond donors (Lipinski definition) is 3. The number of nitrogens with zero attached hydrogens (tertiary/aromatic N) is 4. The van der Waals surface area contributed by atoms with Crippen molar-refractivity contribution in [2.24, 2.45) is 5.41 Å². The number of sulfonamides is 1. The fraction of sp³-hybridized carbons (Fsp3) is 0.417. The van der Waals surface area contributed by atoms with Gasteiger partial charge in [-0.15, -0.1) is 0 Å². The summed E-state index contributed by atoms with van der Waals surface area (Å²) >= 11 is 0. The van der Waals surface area contributed by atoms with Gasteiger partial charge in [0.05, 0.1) is 22.0 Å². The third kappa shape index (κ3) is 4.02. The molecule has 0 bridgehead atoms. The fourth-order valence-electron chi connectivity index (χ4n) is 4.71. The molecule has 1 unspecified atom stereocenters. The van der Waals surface area contributed by atoms with Gasteiger partial charge in [0.1, 0.15) is 17.5 Å². The number of carbonyl (C=O) groups is 1. The van der Waals surface area contributed by atoms with Gasteiger partial charge in [-0.25, -0.2) is 23.2 Å². The number of aromatic amines is 1. The van der Waals surface area contributed by atoms with Gasteiger partial charge in [-0.3, -0.25) is 0 Å². The summed E-state index contributed by atoms with van der Waals surface area (Å²) in [6.45, 7) is 6.32. The van der Waals surface area contributed by atoms with Crippen LogP contribution in [0.2, 0.25) is 0 Å². The third-order valence-electron chi connectivity index (χ3n) is 6.84. The molecule has 10 nitrogen and oxygen atoms in total. The second-order valence-electron chi connectivity index (χ2n) is 10.3. The smallest absolute Gasteiger partial charge is 0.407 e. The van der Waals surface area contributed by atoms with E-state index in [1.165, 1.54) is 23.4 Å². The number of nitriles is 1. The zero-order chi connectivity index (χ0) is 25.2. The minimum atomic E-state index is -3.87. The van der Waals surface area contributed by atoms with E-state index in [4.69, 9.17) is 0 Å². The second kappa shape index (κ2) is 7.76. The molecule has 1 saturated carbocycles. The number of hydrogen-bond acceptors (Lipinski definition) is 6. The predicted octanol–water partition coefficient (Wildman–Crippen LogP) is 3.63. The summed E-state index contributed by atoms with van der Waals surface area (Å²) in [7, 11) is -3.87. The van der Waals surface area contributed by atoms with Crippen LogP contribution in [-0.2, 0) is 10.0 Å². The van der Waals surface area contributed by atoms with Crippen LogP contribution in [0.25, 0.3) is 27.5 Å². The van der Waals surface area contributed by atoms with Crippen LogP contribution in [0.1, 0.15) is 45.7 Å².